The number of nitrogens with two attached hydrogens (primary N) is 1. The lowest BCUT2D eigenvalue weighted by Gasteiger charge is -2.11. The molecule has 0 spiro atoms. The number of halogens is 1. The summed E-state index contributed by atoms with van der Waals surface area (Å²) in [7, 11) is 0. The number of aromatic carboxylic acids is 1. The van der Waals surface area contributed by atoms with E-state index in [0.717, 1.165) is 6.07 Å². The van der Waals surface area contributed by atoms with Crippen LogP contribution in [-0.4, -0.2) is 17.7 Å². The molecule has 0 amide bonds. The van der Waals surface area contributed by atoms with E-state index < -0.39 is 11.8 Å². The number of carbonyl (C=O) groups is 1. The van der Waals surface area contributed by atoms with E-state index in [-0.39, 0.29) is 16.9 Å². The largest absolute Gasteiger partial charge is 0.494 e. The molecule has 0 saturated carbocycles. The Morgan fingerprint density at radius 2 is 2.00 bits per heavy atom. The summed E-state index contributed by atoms with van der Waals surface area (Å²) in [6.45, 7) is 2.44. The van der Waals surface area contributed by atoms with Crippen molar-refractivity contribution in [2.24, 2.45) is 0 Å². The topological polar surface area (TPSA) is 84.6 Å². The molecule has 0 atom stereocenters. The summed E-state index contributed by atoms with van der Waals surface area (Å²) in [6.07, 6.45) is 0. The Hall–Kier alpha value is -2.76. The summed E-state index contributed by atoms with van der Waals surface area (Å²) >= 11 is 0. The molecule has 0 saturated heterocycles. The van der Waals surface area contributed by atoms with Crippen LogP contribution in [0, 0.1) is 5.82 Å². The normalized spacial score (nSPS) is 10.2. The maximum atomic E-state index is 13.8. The first-order valence-electron chi connectivity index (χ1n) is 6.33. The van der Waals surface area contributed by atoms with Crippen molar-refractivity contribution >= 4 is 23.0 Å². The number of ether oxygens (including phenoxy) is 1. The van der Waals surface area contributed by atoms with Crippen LogP contribution in [0.1, 0.15) is 17.3 Å². The molecule has 0 radical (unpaired) electrons. The van der Waals surface area contributed by atoms with Crippen molar-refractivity contribution in [3.63, 3.8) is 0 Å². The van der Waals surface area contributed by atoms with Crippen molar-refractivity contribution in [2.75, 3.05) is 17.7 Å². The van der Waals surface area contributed by atoms with Gasteiger partial charge in [-0.1, -0.05) is 0 Å². The second-order valence-electron chi connectivity index (χ2n) is 4.31. The van der Waals surface area contributed by atoms with Crippen LogP contribution >= 0.6 is 0 Å². The molecule has 0 aromatic heterocycles. The molecule has 21 heavy (non-hydrogen) atoms. The SMILES string of the molecule is CCOc1ccc(Nc2cc(C(=O)O)c(N)cc2F)cc1. The van der Waals surface area contributed by atoms with Gasteiger partial charge in [-0.15, -0.1) is 0 Å². The number of nitrogen functional groups attached to an aromatic ring is 1. The van der Waals surface area contributed by atoms with Crippen LogP contribution in [0.5, 0.6) is 5.75 Å². The first kappa shape index (κ1) is 14.6. The van der Waals surface area contributed by atoms with Crippen LogP contribution in [0.15, 0.2) is 36.4 Å². The zero-order chi connectivity index (χ0) is 15.4. The molecular weight excluding hydrogens is 275 g/mol. The van der Waals surface area contributed by atoms with Gasteiger partial charge in [-0.3, -0.25) is 0 Å². The minimum Gasteiger partial charge on any atom is -0.494 e. The number of rotatable bonds is 5. The van der Waals surface area contributed by atoms with E-state index in [4.69, 9.17) is 15.6 Å². The van der Waals surface area contributed by atoms with Crippen molar-refractivity contribution in [1.82, 2.24) is 0 Å². The summed E-state index contributed by atoms with van der Waals surface area (Å²) in [5, 5.41) is 11.8. The lowest BCUT2D eigenvalue weighted by molar-refractivity contribution is 0.0698. The Kier molecular flexibility index (Phi) is 4.27. The van der Waals surface area contributed by atoms with Gasteiger partial charge < -0.3 is 20.9 Å². The van der Waals surface area contributed by atoms with Gasteiger partial charge in [0, 0.05) is 11.4 Å². The quantitative estimate of drug-likeness (QED) is 0.736. The monoisotopic (exact) mass is 290 g/mol. The summed E-state index contributed by atoms with van der Waals surface area (Å²) < 4.78 is 19.1. The molecule has 2 aromatic carbocycles. The molecule has 2 rings (SSSR count). The summed E-state index contributed by atoms with van der Waals surface area (Å²) in [5.41, 5.74) is 5.87. The second-order valence-corrected chi connectivity index (χ2v) is 4.31. The van der Waals surface area contributed by atoms with Gasteiger partial charge in [0.25, 0.3) is 0 Å². The van der Waals surface area contributed by atoms with Gasteiger partial charge in [0.1, 0.15) is 11.6 Å². The molecule has 4 N–H and O–H groups in total. The Labute approximate surface area is 121 Å². The van der Waals surface area contributed by atoms with Crippen molar-refractivity contribution in [3.05, 3.63) is 47.8 Å². The van der Waals surface area contributed by atoms with E-state index >= 15 is 0 Å². The maximum Gasteiger partial charge on any atom is 0.337 e. The Balaban J connectivity index is 2.26. The fraction of sp³-hybridized carbons (Fsp3) is 0.133. The first-order valence-corrected chi connectivity index (χ1v) is 6.33. The zero-order valence-electron chi connectivity index (χ0n) is 11.4. The Morgan fingerprint density at radius 3 is 2.57 bits per heavy atom. The average Bonchev–Trinajstić information content (AvgIpc) is 2.43. The highest BCUT2D eigenvalue weighted by Crippen LogP contribution is 2.26. The molecule has 0 bridgehead atoms. The molecule has 0 aliphatic heterocycles. The number of carboxylic acid groups (broad SMARTS) is 1. The number of hydrogen-bond donors (Lipinski definition) is 3. The lowest BCUT2D eigenvalue weighted by atomic mass is 10.1. The highest BCUT2D eigenvalue weighted by molar-refractivity contribution is 5.95. The number of carboxylic acids is 1. The Bertz CT molecular complexity index is 657. The predicted molar refractivity (Wildman–Crippen MR) is 78.7 cm³/mol. The van der Waals surface area contributed by atoms with Crippen molar-refractivity contribution < 1.29 is 19.0 Å². The molecule has 2 aromatic rings. The van der Waals surface area contributed by atoms with E-state index in [9.17, 15) is 9.18 Å². The van der Waals surface area contributed by atoms with Gasteiger partial charge in [0.05, 0.1) is 17.9 Å². The van der Waals surface area contributed by atoms with Gasteiger partial charge in [0.2, 0.25) is 0 Å². The average molecular weight is 290 g/mol. The lowest BCUT2D eigenvalue weighted by Crippen LogP contribution is -2.05. The van der Waals surface area contributed by atoms with E-state index in [1.54, 1.807) is 24.3 Å². The smallest absolute Gasteiger partial charge is 0.337 e. The van der Waals surface area contributed by atoms with Gasteiger partial charge >= 0.3 is 5.97 Å². The number of benzene rings is 2. The van der Waals surface area contributed by atoms with E-state index in [0.29, 0.717) is 18.0 Å². The van der Waals surface area contributed by atoms with Crippen LogP contribution in [0.4, 0.5) is 21.5 Å². The molecule has 0 heterocycles. The molecule has 110 valence electrons. The fourth-order valence-corrected chi connectivity index (χ4v) is 1.83. The molecule has 0 fully saturated rings. The molecule has 0 aliphatic rings. The van der Waals surface area contributed by atoms with E-state index in [2.05, 4.69) is 5.32 Å². The Morgan fingerprint density at radius 1 is 1.33 bits per heavy atom. The predicted octanol–water partition coefficient (Wildman–Crippen LogP) is 3.25. The summed E-state index contributed by atoms with van der Waals surface area (Å²) in [6, 6.07) is 9.05. The molecular formula is C15H15FN2O3. The maximum absolute atomic E-state index is 13.8. The highest BCUT2D eigenvalue weighted by Gasteiger charge is 2.13. The number of hydrogen-bond acceptors (Lipinski definition) is 4. The van der Waals surface area contributed by atoms with Crippen LogP contribution in [0.25, 0.3) is 0 Å². The van der Waals surface area contributed by atoms with Gasteiger partial charge in [-0.2, -0.15) is 0 Å². The minimum absolute atomic E-state index is 0.0470. The molecule has 5 nitrogen and oxygen atoms in total. The van der Waals surface area contributed by atoms with E-state index in [1.807, 2.05) is 6.92 Å². The zero-order valence-corrected chi connectivity index (χ0v) is 11.4. The third-order valence-corrected chi connectivity index (χ3v) is 2.81. The first-order chi connectivity index (χ1) is 10.0. The highest BCUT2D eigenvalue weighted by atomic mass is 19.1. The van der Waals surface area contributed by atoms with Gasteiger partial charge in [0.15, 0.2) is 0 Å². The molecule has 6 heteroatoms. The van der Waals surface area contributed by atoms with Crippen LogP contribution in [-0.2, 0) is 0 Å². The number of anilines is 3. The third-order valence-electron chi connectivity index (χ3n) is 2.81. The fourth-order valence-electron chi connectivity index (χ4n) is 1.83. The summed E-state index contributed by atoms with van der Waals surface area (Å²) in [4.78, 5) is 11.0. The van der Waals surface area contributed by atoms with Crippen molar-refractivity contribution in [3.8, 4) is 5.75 Å². The van der Waals surface area contributed by atoms with Crippen LogP contribution in [0.3, 0.4) is 0 Å². The van der Waals surface area contributed by atoms with Gasteiger partial charge in [-0.25, -0.2) is 9.18 Å². The second kappa shape index (κ2) is 6.13. The minimum atomic E-state index is -1.21. The number of nitrogens with one attached hydrogen (secondary N) is 1. The van der Waals surface area contributed by atoms with Crippen LogP contribution < -0.4 is 15.8 Å². The van der Waals surface area contributed by atoms with Gasteiger partial charge in [-0.05, 0) is 43.3 Å². The molecule has 0 unspecified atom stereocenters. The van der Waals surface area contributed by atoms with Crippen molar-refractivity contribution in [1.29, 1.82) is 0 Å². The molecule has 0 aliphatic carbocycles. The third kappa shape index (κ3) is 3.42. The standard InChI is InChI=1S/C15H15FN2O3/c1-2-21-10-5-3-9(4-6-10)18-14-7-11(15(19)20)13(17)8-12(14)16/h3-8,18H,2,17H2,1H3,(H,19,20). The van der Waals surface area contributed by atoms with Crippen molar-refractivity contribution in [2.45, 2.75) is 6.92 Å². The van der Waals surface area contributed by atoms with Crippen LogP contribution in [0.2, 0.25) is 0 Å². The summed E-state index contributed by atoms with van der Waals surface area (Å²) in [5.74, 6) is -1.12. The van der Waals surface area contributed by atoms with E-state index in [1.165, 1.54) is 6.07 Å².